The minimum Gasteiger partial charge on any atom is -0.303 e. The smallest absolute Gasteiger partial charge is 0.236 e. The van der Waals surface area contributed by atoms with Gasteiger partial charge in [-0.15, -0.1) is 5.10 Å². The van der Waals surface area contributed by atoms with Crippen LogP contribution in [-0.2, 0) is 4.79 Å². The second-order valence-corrected chi connectivity index (χ2v) is 4.90. The fourth-order valence-corrected chi connectivity index (χ4v) is 2.28. The Hall–Kier alpha value is -1.04. The normalized spacial score (nSPS) is 18.0. The van der Waals surface area contributed by atoms with E-state index in [0.29, 0.717) is 26.5 Å². The predicted octanol–water partition coefficient (Wildman–Crippen LogP) is 2.55. The Morgan fingerprint density at radius 1 is 1.35 bits per heavy atom. The Kier molecular flexibility index (Phi) is 4.04. The second kappa shape index (κ2) is 5.53. The van der Waals surface area contributed by atoms with Crippen molar-refractivity contribution in [3.8, 4) is 0 Å². The molecule has 88 valence electrons. The Balaban J connectivity index is 2.13. The Morgan fingerprint density at radius 2 is 2.06 bits per heavy atom. The SMILES string of the molecule is O=C1CS/C(=N\N=C/c2c(Cl)cccc2Cl)N1. The summed E-state index contributed by atoms with van der Waals surface area (Å²) in [6, 6.07) is 5.18. The Labute approximate surface area is 112 Å². The van der Waals surface area contributed by atoms with Crippen molar-refractivity contribution in [3.05, 3.63) is 33.8 Å². The molecule has 1 amide bonds. The van der Waals surface area contributed by atoms with Gasteiger partial charge in [-0.25, -0.2) is 0 Å². The fraction of sp³-hybridized carbons (Fsp3) is 0.100. The molecule has 0 aliphatic carbocycles. The van der Waals surface area contributed by atoms with E-state index < -0.39 is 0 Å². The van der Waals surface area contributed by atoms with Gasteiger partial charge >= 0.3 is 0 Å². The lowest BCUT2D eigenvalue weighted by molar-refractivity contribution is -0.116. The van der Waals surface area contributed by atoms with Gasteiger partial charge < -0.3 is 5.32 Å². The van der Waals surface area contributed by atoms with Crippen LogP contribution in [0.4, 0.5) is 0 Å². The summed E-state index contributed by atoms with van der Waals surface area (Å²) in [4.78, 5) is 10.9. The molecule has 1 aromatic carbocycles. The first-order valence-corrected chi connectivity index (χ1v) is 6.38. The van der Waals surface area contributed by atoms with Crippen molar-refractivity contribution in [2.24, 2.45) is 10.2 Å². The monoisotopic (exact) mass is 287 g/mol. The van der Waals surface area contributed by atoms with E-state index >= 15 is 0 Å². The van der Waals surface area contributed by atoms with Gasteiger partial charge in [0.25, 0.3) is 0 Å². The van der Waals surface area contributed by atoms with E-state index in [1.165, 1.54) is 18.0 Å². The van der Waals surface area contributed by atoms with E-state index in [-0.39, 0.29) is 5.91 Å². The third-order valence-electron chi connectivity index (χ3n) is 1.92. The zero-order valence-electron chi connectivity index (χ0n) is 8.48. The van der Waals surface area contributed by atoms with Crippen molar-refractivity contribution in [2.45, 2.75) is 0 Å². The van der Waals surface area contributed by atoms with E-state index in [9.17, 15) is 4.79 Å². The van der Waals surface area contributed by atoms with Crippen LogP contribution in [0.3, 0.4) is 0 Å². The molecule has 0 spiro atoms. The summed E-state index contributed by atoms with van der Waals surface area (Å²) >= 11 is 13.2. The standard InChI is InChI=1S/C10H7Cl2N3OS/c11-7-2-1-3-8(12)6(7)4-13-15-10-14-9(16)5-17-10/h1-4H,5H2,(H,14,15,16)/b13-4-. The van der Waals surface area contributed by atoms with E-state index in [1.807, 2.05) is 0 Å². The van der Waals surface area contributed by atoms with Crippen LogP contribution in [-0.4, -0.2) is 23.0 Å². The molecule has 0 bridgehead atoms. The van der Waals surface area contributed by atoms with Gasteiger partial charge in [0.2, 0.25) is 5.91 Å². The average Bonchev–Trinajstić information content (AvgIpc) is 2.69. The summed E-state index contributed by atoms with van der Waals surface area (Å²) in [5.74, 6) is 0.306. The van der Waals surface area contributed by atoms with Crippen molar-refractivity contribution in [1.29, 1.82) is 0 Å². The molecule has 0 unspecified atom stereocenters. The highest BCUT2D eigenvalue weighted by Crippen LogP contribution is 2.22. The van der Waals surface area contributed by atoms with Crippen LogP contribution in [0.25, 0.3) is 0 Å². The Morgan fingerprint density at radius 3 is 2.65 bits per heavy atom. The van der Waals surface area contributed by atoms with E-state index in [1.54, 1.807) is 18.2 Å². The van der Waals surface area contributed by atoms with Crippen LogP contribution < -0.4 is 5.32 Å². The third kappa shape index (κ3) is 3.21. The minimum atomic E-state index is -0.0697. The lowest BCUT2D eigenvalue weighted by atomic mass is 10.2. The maximum Gasteiger partial charge on any atom is 0.236 e. The van der Waals surface area contributed by atoms with Gasteiger partial charge in [-0.3, -0.25) is 4.79 Å². The lowest BCUT2D eigenvalue weighted by Gasteiger charge is -1.98. The molecule has 1 saturated heterocycles. The largest absolute Gasteiger partial charge is 0.303 e. The predicted molar refractivity (Wildman–Crippen MR) is 72.1 cm³/mol. The highest BCUT2D eigenvalue weighted by atomic mass is 35.5. The number of amidine groups is 1. The summed E-state index contributed by atoms with van der Waals surface area (Å²) in [5, 5.41) is 11.7. The first-order valence-electron chi connectivity index (χ1n) is 4.64. The van der Waals surface area contributed by atoms with Crippen molar-refractivity contribution >= 4 is 52.3 Å². The molecule has 1 aliphatic heterocycles. The number of benzene rings is 1. The molecule has 1 aromatic rings. The number of carbonyl (C=O) groups is 1. The molecule has 17 heavy (non-hydrogen) atoms. The van der Waals surface area contributed by atoms with Gasteiger partial charge in [0.1, 0.15) is 0 Å². The summed E-state index contributed by atoms with van der Waals surface area (Å²) in [6.07, 6.45) is 1.46. The van der Waals surface area contributed by atoms with Crippen LogP contribution in [0.5, 0.6) is 0 Å². The summed E-state index contributed by atoms with van der Waals surface area (Å²) in [5.41, 5.74) is 0.606. The highest BCUT2D eigenvalue weighted by molar-refractivity contribution is 8.15. The maximum absolute atomic E-state index is 10.9. The van der Waals surface area contributed by atoms with Crippen molar-refractivity contribution in [1.82, 2.24) is 5.32 Å². The first kappa shape index (κ1) is 12.4. The lowest BCUT2D eigenvalue weighted by Crippen LogP contribution is -2.19. The van der Waals surface area contributed by atoms with Gasteiger partial charge in [-0.1, -0.05) is 41.0 Å². The van der Waals surface area contributed by atoms with Gasteiger partial charge in [0.05, 0.1) is 22.0 Å². The van der Waals surface area contributed by atoms with Crippen LogP contribution in [0, 0.1) is 0 Å². The highest BCUT2D eigenvalue weighted by Gasteiger charge is 2.15. The number of hydrogen-bond donors (Lipinski definition) is 1. The zero-order chi connectivity index (χ0) is 12.3. The van der Waals surface area contributed by atoms with Gasteiger partial charge in [-0.2, -0.15) is 5.10 Å². The van der Waals surface area contributed by atoms with E-state index in [0.717, 1.165) is 0 Å². The van der Waals surface area contributed by atoms with Gasteiger partial charge in [-0.05, 0) is 12.1 Å². The number of carbonyl (C=O) groups excluding carboxylic acids is 1. The average molecular weight is 288 g/mol. The zero-order valence-corrected chi connectivity index (χ0v) is 10.8. The van der Waals surface area contributed by atoms with Gasteiger partial charge in [0, 0.05) is 5.56 Å². The molecule has 1 fully saturated rings. The van der Waals surface area contributed by atoms with Crippen LogP contribution in [0.2, 0.25) is 10.0 Å². The molecule has 0 saturated carbocycles. The number of nitrogens with one attached hydrogen (secondary N) is 1. The number of thioether (sulfide) groups is 1. The molecular formula is C10H7Cl2N3OS. The van der Waals surface area contributed by atoms with E-state index in [4.69, 9.17) is 23.2 Å². The summed E-state index contributed by atoms with van der Waals surface area (Å²) in [6.45, 7) is 0. The quantitative estimate of drug-likeness (QED) is 0.671. The minimum absolute atomic E-state index is 0.0697. The second-order valence-electron chi connectivity index (χ2n) is 3.12. The molecule has 1 heterocycles. The topological polar surface area (TPSA) is 53.8 Å². The molecule has 0 atom stereocenters. The van der Waals surface area contributed by atoms with Gasteiger partial charge in [0.15, 0.2) is 5.17 Å². The molecule has 1 aliphatic rings. The molecule has 1 N–H and O–H groups in total. The summed E-state index contributed by atoms with van der Waals surface area (Å²) < 4.78 is 0. The van der Waals surface area contributed by atoms with Crippen LogP contribution in [0.15, 0.2) is 28.4 Å². The van der Waals surface area contributed by atoms with Crippen LogP contribution in [0.1, 0.15) is 5.56 Å². The molecule has 0 radical (unpaired) electrons. The number of hydrogen-bond acceptors (Lipinski definition) is 4. The third-order valence-corrected chi connectivity index (χ3v) is 3.44. The first-order chi connectivity index (χ1) is 8.16. The summed E-state index contributed by atoms with van der Waals surface area (Å²) in [7, 11) is 0. The molecule has 4 nitrogen and oxygen atoms in total. The number of rotatable bonds is 2. The van der Waals surface area contributed by atoms with Crippen LogP contribution >= 0.6 is 35.0 Å². The fourth-order valence-electron chi connectivity index (χ4n) is 1.15. The number of halogens is 2. The van der Waals surface area contributed by atoms with Crippen molar-refractivity contribution in [3.63, 3.8) is 0 Å². The molecule has 7 heteroatoms. The molecule has 0 aromatic heterocycles. The maximum atomic E-state index is 10.9. The van der Waals surface area contributed by atoms with Crippen molar-refractivity contribution in [2.75, 3.05) is 5.75 Å². The number of nitrogens with zero attached hydrogens (tertiary/aromatic N) is 2. The molecule has 2 rings (SSSR count). The molecular weight excluding hydrogens is 281 g/mol. The van der Waals surface area contributed by atoms with Crippen molar-refractivity contribution < 1.29 is 4.79 Å². The number of amides is 1. The van der Waals surface area contributed by atoms with E-state index in [2.05, 4.69) is 15.5 Å². The Bertz CT molecular complexity index is 496.